The summed E-state index contributed by atoms with van der Waals surface area (Å²) in [6.07, 6.45) is 5.69. The molecule has 0 saturated heterocycles. The van der Waals surface area contributed by atoms with Crippen molar-refractivity contribution in [1.29, 1.82) is 0 Å². The van der Waals surface area contributed by atoms with E-state index in [2.05, 4.69) is 11.9 Å². The second kappa shape index (κ2) is 5.72. The summed E-state index contributed by atoms with van der Waals surface area (Å²) in [6.45, 7) is 3.40. The lowest BCUT2D eigenvalue weighted by Gasteiger charge is -2.19. The molecule has 0 spiro atoms. The molecule has 5 heteroatoms. The third-order valence-corrected chi connectivity index (χ3v) is 5.31. The fourth-order valence-electron chi connectivity index (χ4n) is 2.81. The van der Waals surface area contributed by atoms with Gasteiger partial charge in [-0.3, -0.25) is 4.79 Å². The number of carbonyl (C=O) groups excluding carboxylic acids is 1. The monoisotopic (exact) mass is 294 g/mol. The van der Waals surface area contributed by atoms with Crippen LogP contribution >= 0.6 is 11.3 Å². The first-order chi connectivity index (χ1) is 9.69. The molecule has 20 heavy (non-hydrogen) atoms. The molecule has 0 aliphatic heterocycles. The molecule has 1 fully saturated rings. The second-order valence-corrected chi connectivity index (χ2v) is 6.89. The van der Waals surface area contributed by atoms with Crippen LogP contribution in [0.1, 0.15) is 49.1 Å². The van der Waals surface area contributed by atoms with Crippen molar-refractivity contribution in [3.63, 3.8) is 0 Å². The molecule has 4 nitrogen and oxygen atoms in total. The molecule has 0 aromatic carbocycles. The van der Waals surface area contributed by atoms with Crippen molar-refractivity contribution in [3.8, 4) is 0 Å². The quantitative estimate of drug-likeness (QED) is 0.783. The molecule has 1 unspecified atom stereocenters. The van der Waals surface area contributed by atoms with Crippen LogP contribution in [0.5, 0.6) is 0 Å². The standard InChI is InChI=1S/C15H22N2O2S/c1-3-19-14(18)11-5-4-6-12-13(11)16-15(20-12)17(2)9-10-7-8-10/h10-11H,3-9H2,1-2H3. The summed E-state index contributed by atoms with van der Waals surface area (Å²) in [5.41, 5.74) is 0.984. The third-order valence-electron chi connectivity index (χ3n) is 4.07. The molecular weight excluding hydrogens is 272 g/mol. The maximum Gasteiger partial charge on any atom is 0.315 e. The molecule has 1 aromatic heterocycles. The number of hydrogen-bond acceptors (Lipinski definition) is 5. The van der Waals surface area contributed by atoms with Gasteiger partial charge in [0.25, 0.3) is 0 Å². The van der Waals surface area contributed by atoms with Crippen LogP contribution in [0, 0.1) is 5.92 Å². The van der Waals surface area contributed by atoms with Gasteiger partial charge in [-0.25, -0.2) is 4.98 Å². The smallest absolute Gasteiger partial charge is 0.315 e. The molecule has 0 amide bonds. The average molecular weight is 294 g/mol. The van der Waals surface area contributed by atoms with E-state index in [0.717, 1.165) is 42.6 Å². The van der Waals surface area contributed by atoms with E-state index in [-0.39, 0.29) is 11.9 Å². The number of aromatic nitrogens is 1. The summed E-state index contributed by atoms with van der Waals surface area (Å²) in [5, 5.41) is 1.07. The Morgan fingerprint density at radius 1 is 1.45 bits per heavy atom. The summed E-state index contributed by atoms with van der Waals surface area (Å²) in [5.74, 6) is 0.606. The molecule has 0 radical (unpaired) electrons. The number of thiazole rings is 1. The molecule has 110 valence electrons. The van der Waals surface area contributed by atoms with Crippen LogP contribution in [-0.4, -0.2) is 31.2 Å². The largest absolute Gasteiger partial charge is 0.465 e. The summed E-state index contributed by atoms with van der Waals surface area (Å²) >= 11 is 1.76. The zero-order chi connectivity index (χ0) is 14.1. The first-order valence-corrected chi connectivity index (χ1v) is 8.38. The van der Waals surface area contributed by atoms with E-state index in [1.807, 2.05) is 6.92 Å². The molecule has 0 bridgehead atoms. The summed E-state index contributed by atoms with van der Waals surface area (Å²) in [7, 11) is 2.11. The Kier molecular flexibility index (Phi) is 3.96. The molecular formula is C15H22N2O2S. The highest BCUT2D eigenvalue weighted by atomic mass is 32.1. The van der Waals surface area contributed by atoms with Gasteiger partial charge in [-0.05, 0) is 44.9 Å². The van der Waals surface area contributed by atoms with E-state index in [4.69, 9.17) is 9.72 Å². The number of rotatable bonds is 5. The zero-order valence-electron chi connectivity index (χ0n) is 12.2. The van der Waals surface area contributed by atoms with Crippen molar-refractivity contribution >= 4 is 22.4 Å². The fourth-order valence-corrected chi connectivity index (χ4v) is 3.94. The lowest BCUT2D eigenvalue weighted by molar-refractivity contribution is -0.145. The van der Waals surface area contributed by atoms with E-state index >= 15 is 0 Å². The fraction of sp³-hybridized carbons (Fsp3) is 0.733. The average Bonchev–Trinajstić information content (AvgIpc) is 3.13. The van der Waals surface area contributed by atoms with Crippen LogP contribution in [0.25, 0.3) is 0 Å². The topological polar surface area (TPSA) is 42.4 Å². The van der Waals surface area contributed by atoms with Gasteiger partial charge in [0.05, 0.1) is 12.3 Å². The molecule has 0 N–H and O–H groups in total. The van der Waals surface area contributed by atoms with Crippen molar-refractivity contribution in [2.45, 2.75) is 44.9 Å². The second-order valence-electron chi connectivity index (χ2n) is 5.83. The highest BCUT2D eigenvalue weighted by Gasteiger charge is 2.32. The van der Waals surface area contributed by atoms with Gasteiger partial charge in [0.1, 0.15) is 5.92 Å². The SMILES string of the molecule is CCOC(=O)C1CCCc2sc(N(C)CC3CC3)nc21. The lowest BCUT2D eigenvalue weighted by atomic mass is 9.91. The normalized spacial score (nSPS) is 21.4. The Hall–Kier alpha value is -1.10. The summed E-state index contributed by atoms with van der Waals surface area (Å²) < 4.78 is 5.19. The van der Waals surface area contributed by atoms with Gasteiger partial charge < -0.3 is 9.64 Å². The Labute approximate surface area is 124 Å². The number of aryl methyl sites for hydroxylation is 1. The minimum Gasteiger partial charge on any atom is -0.465 e. The van der Waals surface area contributed by atoms with Gasteiger partial charge in [-0.1, -0.05) is 0 Å². The number of carbonyl (C=O) groups is 1. The Morgan fingerprint density at radius 3 is 2.95 bits per heavy atom. The maximum atomic E-state index is 12.1. The summed E-state index contributed by atoms with van der Waals surface area (Å²) in [6, 6.07) is 0. The van der Waals surface area contributed by atoms with Crippen LogP contribution in [0.3, 0.4) is 0 Å². The highest BCUT2D eigenvalue weighted by Crippen LogP contribution is 2.39. The molecule has 2 aliphatic rings. The van der Waals surface area contributed by atoms with Gasteiger partial charge >= 0.3 is 5.97 Å². The molecule has 3 rings (SSSR count). The van der Waals surface area contributed by atoms with Crippen LogP contribution in [0.4, 0.5) is 5.13 Å². The molecule has 1 atom stereocenters. The first kappa shape index (κ1) is 13.9. The number of ether oxygens (including phenoxy) is 1. The van der Waals surface area contributed by atoms with Crippen LogP contribution in [0.15, 0.2) is 0 Å². The van der Waals surface area contributed by atoms with Crippen LogP contribution < -0.4 is 4.90 Å². The first-order valence-electron chi connectivity index (χ1n) is 7.56. The van der Waals surface area contributed by atoms with Crippen molar-refractivity contribution in [3.05, 3.63) is 10.6 Å². The maximum absolute atomic E-state index is 12.1. The van der Waals surface area contributed by atoms with Crippen molar-refractivity contribution < 1.29 is 9.53 Å². The number of fused-ring (bicyclic) bond motifs is 1. The van der Waals surface area contributed by atoms with Crippen molar-refractivity contribution in [2.24, 2.45) is 5.92 Å². The Morgan fingerprint density at radius 2 is 2.25 bits per heavy atom. The number of nitrogens with zero attached hydrogens (tertiary/aromatic N) is 2. The van der Waals surface area contributed by atoms with Gasteiger partial charge in [0, 0.05) is 18.5 Å². The Bertz CT molecular complexity index is 496. The summed E-state index contributed by atoms with van der Waals surface area (Å²) in [4.78, 5) is 20.4. The van der Waals surface area contributed by atoms with Gasteiger partial charge in [0.15, 0.2) is 5.13 Å². The van der Waals surface area contributed by atoms with E-state index in [9.17, 15) is 4.79 Å². The number of hydrogen-bond donors (Lipinski definition) is 0. The highest BCUT2D eigenvalue weighted by molar-refractivity contribution is 7.15. The van der Waals surface area contributed by atoms with E-state index in [0.29, 0.717) is 6.61 Å². The third kappa shape index (κ3) is 2.82. The van der Waals surface area contributed by atoms with Gasteiger partial charge in [0.2, 0.25) is 0 Å². The van der Waals surface area contributed by atoms with Crippen LogP contribution in [0.2, 0.25) is 0 Å². The molecule has 1 aromatic rings. The van der Waals surface area contributed by atoms with E-state index in [1.165, 1.54) is 17.7 Å². The predicted molar refractivity (Wildman–Crippen MR) is 80.4 cm³/mol. The molecule has 2 aliphatic carbocycles. The number of esters is 1. The van der Waals surface area contributed by atoms with Crippen LogP contribution in [-0.2, 0) is 16.0 Å². The minimum absolute atomic E-state index is 0.102. The Balaban J connectivity index is 1.78. The van der Waals surface area contributed by atoms with Crippen molar-refractivity contribution in [2.75, 3.05) is 25.1 Å². The number of anilines is 1. The van der Waals surface area contributed by atoms with Gasteiger partial charge in [-0.2, -0.15) is 0 Å². The van der Waals surface area contributed by atoms with Crippen molar-refractivity contribution in [1.82, 2.24) is 4.98 Å². The van der Waals surface area contributed by atoms with E-state index in [1.54, 1.807) is 11.3 Å². The minimum atomic E-state index is -0.141. The predicted octanol–water partition coefficient (Wildman–Crippen LogP) is 2.97. The van der Waals surface area contributed by atoms with E-state index < -0.39 is 0 Å². The molecule has 1 saturated carbocycles. The van der Waals surface area contributed by atoms with Gasteiger partial charge in [-0.15, -0.1) is 11.3 Å². The lowest BCUT2D eigenvalue weighted by Crippen LogP contribution is -2.22. The molecule has 1 heterocycles. The zero-order valence-corrected chi connectivity index (χ0v) is 13.0.